The number of halogens is 1. The summed E-state index contributed by atoms with van der Waals surface area (Å²) in [7, 11) is 1.52. The number of hydrogen-bond acceptors (Lipinski definition) is 5. The minimum atomic E-state index is -0.855. The van der Waals surface area contributed by atoms with Crippen LogP contribution in [0.1, 0.15) is 24.2 Å². The lowest BCUT2D eigenvalue weighted by Gasteiger charge is -2.21. The molecule has 1 atom stereocenters. The van der Waals surface area contributed by atoms with Crippen LogP contribution in [-0.4, -0.2) is 50.7 Å². The first-order valence-electron chi connectivity index (χ1n) is 7.84. The quantitative estimate of drug-likeness (QED) is 0.471. The second kappa shape index (κ2) is 10.8. The maximum absolute atomic E-state index is 12.4. The Labute approximate surface area is 155 Å². The van der Waals surface area contributed by atoms with Crippen molar-refractivity contribution >= 4 is 33.7 Å². The fraction of sp³-hybridized carbons (Fsp3) is 0.471. The lowest BCUT2D eigenvalue weighted by molar-refractivity contribution is -0.151. The normalized spacial score (nSPS) is 11.7. The van der Waals surface area contributed by atoms with Crippen LogP contribution in [0.25, 0.3) is 0 Å². The number of amides is 2. The zero-order chi connectivity index (χ0) is 18.8. The van der Waals surface area contributed by atoms with Gasteiger partial charge in [0, 0.05) is 18.1 Å². The average molecular weight is 415 g/mol. The highest BCUT2D eigenvalue weighted by atomic mass is 79.9. The van der Waals surface area contributed by atoms with Crippen LogP contribution in [0.3, 0.4) is 0 Å². The second-order valence-corrected chi connectivity index (χ2v) is 6.48. The fourth-order valence-electron chi connectivity index (χ4n) is 1.93. The van der Waals surface area contributed by atoms with Crippen LogP contribution in [0.2, 0.25) is 0 Å². The molecule has 0 radical (unpaired) electrons. The predicted octanol–water partition coefficient (Wildman–Crippen LogP) is 1.51. The van der Waals surface area contributed by atoms with E-state index in [9.17, 15) is 14.4 Å². The molecule has 1 aromatic rings. The predicted molar refractivity (Wildman–Crippen MR) is 96.1 cm³/mol. The largest absolute Gasteiger partial charge is 0.454 e. The number of rotatable bonds is 9. The van der Waals surface area contributed by atoms with Crippen LogP contribution in [0, 0.1) is 5.92 Å². The van der Waals surface area contributed by atoms with E-state index in [-0.39, 0.29) is 5.92 Å². The van der Waals surface area contributed by atoms with Gasteiger partial charge < -0.3 is 20.1 Å². The molecule has 1 aromatic carbocycles. The van der Waals surface area contributed by atoms with Gasteiger partial charge in [0.05, 0.1) is 12.2 Å². The minimum absolute atomic E-state index is 0.199. The average Bonchev–Trinajstić information content (AvgIpc) is 2.57. The summed E-state index contributed by atoms with van der Waals surface area (Å²) in [6, 6.07) is 6.04. The molecule has 0 saturated heterocycles. The van der Waals surface area contributed by atoms with E-state index in [4.69, 9.17) is 9.47 Å². The lowest BCUT2D eigenvalue weighted by Crippen LogP contribution is -2.46. The Kier molecular flexibility index (Phi) is 9.15. The SMILES string of the molecule is COCCNC(=O)COC(=O)[C@@H](NC(=O)c1ccccc1Br)C(C)C. The standard InChI is InChI=1S/C17H23BrN2O5/c1-11(2)15(17(23)25-10-14(21)19-8-9-24-3)20-16(22)12-6-4-5-7-13(12)18/h4-7,11,15H,8-10H2,1-3H3,(H,19,21)(H,20,22)/t15-/m0/s1. The third kappa shape index (κ3) is 7.23. The van der Waals surface area contributed by atoms with Crippen molar-refractivity contribution in [2.24, 2.45) is 5.92 Å². The highest BCUT2D eigenvalue weighted by Gasteiger charge is 2.27. The number of ether oxygens (including phenoxy) is 2. The molecule has 2 amide bonds. The Morgan fingerprint density at radius 1 is 1.20 bits per heavy atom. The molecule has 0 unspecified atom stereocenters. The molecule has 0 aliphatic heterocycles. The van der Waals surface area contributed by atoms with Gasteiger partial charge in [0.2, 0.25) is 0 Å². The van der Waals surface area contributed by atoms with Gasteiger partial charge in [-0.2, -0.15) is 0 Å². The number of esters is 1. The number of carbonyl (C=O) groups is 3. The van der Waals surface area contributed by atoms with E-state index in [1.54, 1.807) is 38.1 Å². The molecule has 0 aromatic heterocycles. The number of benzene rings is 1. The Morgan fingerprint density at radius 2 is 1.88 bits per heavy atom. The van der Waals surface area contributed by atoms with Crippen molar-refractivity contribution in [2.45, 2.75) is 19.9 Å². The summed E-state index contributed by atoms with van der Waals surface area (Å²) >= 11 is 3.30. The van der Waals surface area contributed by atoms with Crippen molar-refractivity contribution in [3.63, 3.8) is 0 Å². The van der Waals surface area contributed by atoms with E-state index < -0.39 is 30.4 Å². The summed E-state index contributed by atoms with van der Waals surface area (Å²) < 4.78 is 10.4. The Hall–Kier alpha value is -1.93. The Morgan fingerprint density at radius 3 is 2.48 bits per heavy atom. The monoisotopic (exact) mass is 414 g/mol. The summed E-state index contributed by atoms with van der Waals surface area (Å²) in [5.41, 5.74) is 0.415. The topological polar surface area (TPSA) is 93.7 Å². The maximum atomic E-state index is 12.4. The van der Waals surface area contributed by atoms with Gasteiger partial charge in [-0.25, -0.2) is 4.79 Å². The van der Waals surface area contributed by atoms with Crippen LogP contribution in [0.15, 0.2) is 28.7 Å². The Balaban J connectivity index is 2.61. The third-order valence-electron chi connectivity index (χ3n) is 3.30. The van der Waals surface area contributed by atoms with Gasteiger partial charge in [0.15, 0.2) is 6.61 Å². The molecule has 25 heavy (non-hydrogen) atoms. The number of hydrogen-bond donors (Lipinski definition) is 2. The molecular weight excluding hydrogens is 392 g/mol. The first kappa shape index (κ1) is 21.1. The van der Waals surface area contributed by atoms with Crippen molar-refractivity contribution in [3.8, 4) is 0 Å². The molecule has 1 rings (SSSR count). The third-order valence-corrected chi connectivity index (χ3v) is 3.99. The van der Waals surface area contributed by atoms with Gasteiger partial charge >= 0.3 is 5.97 Å². The van der Waals surface area contributed by atoms with Crippen LogP contribution in [0.5, 0.6) is 0 Å². The van der Waals surface area contributed by atoms with Crippen molar-refractivity contribution in [1.82, 2.24) is 10.6 Å². The van der Waals surface area contributed by atoms with E-state index in [0.717, 1.165) is 0 Å². The molecule has 0 heterocycles. The van der Waals surface area contributed by atoms with E-state index >= 15 is 0 Å². The zero-order valence-corrected chi connectivity index (χ0v) is 16.1. The van der Waals surface area contributed by atoms with Crippen molar-refractivity contribution in [1.29, 1.82) is 0 Å². The van der Waals surface area contributed by atoms with Crippen molar-refractivity contribution < 1.29 is 23.9 Å². The molecule has 0 aliphatic carbocycles. The minimum Gasteiger partial charge on any atom is -0.454 e. The van der Waals surface area contributed by atoms with Gasteiger partial charge in [-0.1, -0.05) is 26.0 Å². The van der Waals surface area contributed by atoms with E-state index in [1.165, 1.54) is 7.11 Å². The van der Waals surface area contributed by atoms with Crippen LogP contribution < -0.4 is 10.6 Å². The molecule has 138 valence electrons. The second-order valence-electron chi connectivity index (χ2n) is 5.63. The number of nitrogens with one attached hydrogen (secondary N) is 2. The smallest absolute Gasteiger partial charge is 0.329 e. The summed E-state index contributed by atoms with van der Waals surface area (Å²) in [5.74, 6) is -1.68. The van der Waals surface area contributed by atoms with Gasteiger partial charge in [0.1, 0.15) is 6.04 Å². The maximum Gasteiger partial charge on any atom is 0.329 e. The zero-order valence-electron chi connectivity index (χ0n) is 14.5. The van der Waals surface area contributed by atoms with Crippen molar-refractivity contribution in [3.05, 3.63) is 34.3 Å². The molecule has 0 saturated carbocycles. The first-order chi connectivity index (χ1) is 11.9. The molecular formula is C17H23BrN2O5. The summed E-state index contributed by atoms with van der Waals surface area (Å²) in [6.07, 6.45) is 0. The Bertz CT molecular complexity index is 606. The van der Waals surface area contributed by atoms with Crippen LogP contribution in [0.4, 0.5) is 0 Å². The lowest BCUT2D eigenvalue weighted by atomic mass is 10.0. The number of carbonyl (C=O) groups excluding carboxylic acids is 3. The van der Waals surface area contributed by atoms with Crippen LogP contribution in [-0.2, 0) is 19.1 Å². The van der Waals surface area contributed by atoms with E-state index in [1.807, 2.05) is 0 Å². The van der Waals surface area contributed by atoms with Gasteiger partial charge in [0.25, 0.3) is 11.8 Å². The molecule has 0 fully saturated rings. The fourth-order valence-corrected chi connectivity index (χ4v) is 2.40. The highest BCUT2D eigenvalue weighted by Crippen LogP contribution is 2.16. The van der Waals surface area contributed by atoms with E-state index in [0.29, 0.717) is 23.2 Å². The van der Waals surface area contributed by atoms with Gasteiger partial charge in [-0.15, -0.1) is 0 Å². The summed E-state index contributed by atoms with van der Waals surface area (Å²) in [6.45, 7) is 3.86. The van der Waals surface area contributed by atoms with Gasteiger partial charge in [-0.3, -0.25) is 9.59 Å². The van der Waals surface area contributed by atoms with Crippen molar-refractivity contribution in [2.75, 3.05) is 26.9 Å². The first-order valence-corrected chi connectivity index (χ1v) is 8.63. The molecule has 2 N–H and O–H groups in total. The summed E-state index contributed by atoms with van der Waals surface area (Å²) in [5, 5.41) is 5.20. The molecule has 8 heteroatoms. The molecule has 0 aliphatic rings. The molecule has 0 spiro atoms. The number of methoxy groups -OCH3 is 1. The summed E-state index contributed by atoms with van der Waals surface area (Å²) in [4.78, 5) is 36.1. The highest BCUT2D eigenvalue weighted by molar-refractivity contribution is 9.10. The molecule has 7 nitrogen and oxygen atoms in total. The van der Waals surface area contributed by atoms with Gasteiger partial charge in [-0.05, 0) is 34.0 Å². The van der Waals surface area contributed by atoms with E-state index in [2.05, 4.69) is 26.6 Å². The van der Waals surface area contributed by atoms with Crippen LogP contribution >= 0.6 is 15.9 Å². The molecule has 0 bridgehead atoms.